The number of amides is 1. The number of rotatable bonds is 5. The van der Waals surface area contributed by atoms with Gasteiger partial charge in [0.25, 0.3) is 5.91 Å². The van der Waals surface area contributed by atoms with Crippen LogP contribution in [0, 0.1) is 0 Å². The molecule has 0 N–H and O–H groups in total. The van der Waals surface area contributed by atoms with E-state index < -0.39 is 36.6 Å². The Morgan fingerprint density at radius 2 is 1.89 bits per heavy atom. The molecular weight excluding hydrogens is 354 g/mol. The van der Waals surface area contributed by atoms with Crippen molar-refractivity contribution < 1.29 is 33.3 Å². The third-order valence-corrected chi connectivity index (χ3v) is 4.49. The van der Waals surface area contributed by atoms with Gasteiger partial charge < -0.3 is 23.8 Å². The third-order valence-electron chi connectivity index (χ3n) is 4.49. The number of carbonyl (C=O) groups excluding carboxylic acids is 3. The van der Waals surface area contributed by atoms with Gasteiger partial charge in [-0.05, 0) is 38.3 Å². The molecule has 1 amide bonds. The van der Waals surface area contributed by atoms with Gasteiger partial charge in [0.05, 0.1) is 6.61 Å². The van der Waals surface area contributed by atoms with Gasteiger partial charge in [-0.1, -0.05) is 12.1 Å². The second kappa shape index (κ2) is 8.75. The Morgan fingerprint density at radius 1 is 1.11 bits per heavy atom. The van der Waals surface area contributed by atoms with E-state index in [2.05, 4.69) is 0 Å². The van der Waals surface area contributed by atoms with Crippen LogP contribution in [0.2, 0.25) is 0 Å². The van der Waals surface area contributed by atoms with Crippen molar-refractivity contribution in [1.82, 2.24) is 4.90 Å². The quantitative estimate of drug-likeness (QED) is 0.715. The third kappa shape index (κ3) is 4.50. The van der Waals surface area contributed by atoms with Crippen molar-refractivity contribution in [3.05, 3.63) is 24.3 Å². The fourth-order valence-corrected chi connectivity index (χ4v) is 3.16. The number of nitrogens with zero attached hydrogens (tertiary/aromatic N) is 1. The molecule has 0 aliphatic carbocycles. The van der Waals surface area contributed by atoms with Crippen LogP contribution in [0.4, 0.5) is 0 Å². The number of fused-ring (bicyclic) bond motifs is 1. The van der Waals surface area contributed by atoms with E-state index in [0.29, 0.717) is 24.5 Å². The highest BCUT2D eigenvalue weighted by Crippen LogP contribution is 2.31. The zero-order valence-corrected chi connectivity index (χ0v) is 15.2. The molecule has 2 heterocycles. The van der Waals surface area contributed by atoms with Crippen molar-refractivity contribution in [2.24, 2.45) is 0 Å². The van der Waals surface area contributed by atoms with Gasteiger partial charge in [0.2, 0.25) is 6.10 Å². The maximum atomic E-state index is 12.5. The molecule has 2 unspecified atom stereocenters. The summed E-state index contributed by atoms with van der Waals surface area (Å²) < 4.78 is 21.2. The second-order valence-corrected chi connectivity index (χ2v) is 6.32. The molecule has 1 aromatic rings. The minimum Gasteiger partial charge on any atom is -0.485 e. The number of piperidine rings is 1. The summed E-state index contributed by atoms with van der Waals surface area (Å²) in [6.45, 7) is 1.98. The van der Waals surface area contributed by atoms with Gasteiger partial charge in [-0.3, -0.25) is 4.79 Å². The topological polar surface area (TPSA) is 91.4 Å². The summed E-state index contributed by atoms with van der Waals surface area (Å²) in [4.78, 5) is 38.2. The first-order chi connectivity index (χ1) is 13.1. The van der Waals surface area contributed by atoms with Crippen LogP contribution in [0.15, 0.2) is 24.3 Å². The van der Waals surface area contributed by atoms with Crippen LogP contribution in [0.1, 0.15) is 26.2 Å². The van der Waals surface area contributed by atoms with Crippen molar-refractivity contribution >= 4 is 17.8 Å². The monoisotopic (exact) mass is 377 g/mol. The first kappa shape index (κ1) is 19.0. The Bertz CT molecular complexity index is 705. The van der Waals surface area contributed by atoms with Gasteiger partial charge in [-0.15, -0.1) is 0 Å². The lowest BCUT2D eigenvalue weighted by atomic mass is 10.0. The Labute approximate surface area is 157 Å². The number of para-hydroxylation sites is 2. The predicted molar refractivity (Wildman–Crippen MR) is 93.3 cm³/mol. The summed E-state index contributed by atoms with van der Waals surface area (Å²) >= 11 is 0. The van der Waals surface area contributed by atoms with E-state index in [-0.39, 0.29) is 13.2 Å². The van der Waals surface area contributed by atoms with Crippen LogP contribution in [-0.4, -0.2) is 61.3 Å². The average Bonchev–Trinajstić information content (AvgIpc) is 2.71. The summed E-state index contributed by atoms with van der Waals surface area (Å²) in [5.41, 5.74) is 0. The van der Waals surface area contributed by atoms with Gasteiger partial charge in [0.15, 0.2) is 18.1 Å². The van der Waals surface area contributed by atoms with Crippen LogP contribution in [0.25, 0.3) is 0 Å². The smallest absolute Gasteiger partial charge is 0.351 e. The van der Waals surface area contributed by atoms with Crippen LogP contribution >= 0.6 is 0 Å². The predicted octanol–water partition coefficient (Wildman–Crippen LogP) is 1.31. The number of hydrogen-bond donors (Lipinski definition) is 0. The zero-order valence-electron chi connectivity index (χ0n) is 15.2. The molecule has 2 aliphatic heterocycles. The van der Waals surface area contributed by atoms with Gasteiger partial charge in [0.1, 0.15) is 12.6 Å². The largest absolute Gasteiger partial charge is 0.485 e. The number of likely N-dealkylation sites (tertiary alicyclic amines) is 1. The lowest BCUT2D eigenvalue weighted by molar-refractivity contribution is -0.164. The molecule has 0 aromatic heterocycles. The molecular formula is C19H23NO7. The van der Waals surface area contributed by atoms with Gasteiger partial charge in [-0.25, -0.2) is 9.59 Å². The van der Waals surface area contributed by atoms with E-state index in [1.54, 1.807) is 31.2 Å². The molecule has 0 saturated carbocycles. The minimum atomic E-state index is -0.935. The van der Waals surface area contributed by atoms with Crippen LogP contribution in [-0.2, 0) is 23.9 Å². The number of carbonyl (C=O) groups is 3. The molecule has 146 valence electrons. The molecule has 0 radical (unpaired) electrons. The van der Waals surface area contributed by atoms with Crippen molar-refractivity contribution in [3.63, 3.8) is 0 Å². The highest BCUT2D eigenvalue weighted by molar-refractivity contribution is 5.87. The van der Waals surface area contributed by atoms with Gasteiger partial charge >= 0.3 is 11.9 Å². The zero-order chi connectivity index (χ0) is 19.2. The maximum absolute atomic E-state index is 12.5. The van der Waals surface area contributed by atoms with E-state index in [0.717, 1.165) is 12.8 Å². The summed E-state index contributed by atoms with van der Waals surface area (Å²) in [5.74, 6) is -0.503. The lowest BCUT2D eigenvalue weighted by Crippen LogP contribution is -2.50. The molecule has 8 nitrogen and oxygen atoms in total. The number of hydrogen-bond acceptors (Lipinski definition) is 7. The van der Waals surface area contributed by atoms with Crippen LogP contribution in [0.3, 0.4) is 0 Å². The molecule has 1 aromatic carbocycles. The van der Waals surface area contributed by atoms with Crippen molar-refractivity contribution in [1.29, 1.82) is 0 Å². The van der Waals surface area contributed by atoms with E-state index >= 15 is 0 Å². The normalized spacial score (nSPS) is 21.3. The molecule has 1 saturated heterocycles. The van der Waals surface area contributed by atoms with Crippen LogP contribution in [0.5, 0.6) is 11.5 Å². The average molecular weight is 377 g/mol. The first-order valence-electron chi connectivity index (χ1n) is 9.11. The van der Waals surface area contributed by atoms with E-state index in [1.807, 2.05) is 0 Å². The molecule has 2 aliphatic rings. The Morgan fingerprint density at radius 3 is 2.67 bits per heavy atom. The molecule has 8 heteroatoms. The SMILES string of the molecule is CCOC(=O)C1CCCCN1C(=O)COC(=O)C1COc2ccccc2O1. The van der Waals surface area contributed by atoms with E-state index in [9.17, 15) is 14.4 Å². The highest BCUT2D eigenvalue weighted by atomic mass is 16.6. The van der Waals surface area contributed by atoms with Crippen LogP contribution < -0.4 is 9.47 Å². The molecule has 2 atom stereocenters. The fraction of sp³-hybridized carbons (Fsp3) is 0.526. The van der Waals surface area contributed by atoms with E-state index in [4.69, 9.17) is 18.9 Å². The van der Waals surface area contributed by atoms with Gasteiger partial charge in [0, 0.05) is 6.54 Å². The number of esters is 2. The Kier molecular flexibility index (Phi) is 6.16. The van der Waals surface area contributed by atoms with Crippen molar-refractivity contribution in [2.75, 3.05) is 26.4 Å². The summed E-state index contributed by atoms with van der Waals surface area (Å²) in [5, 5.41) is 0. The lowest BCUT2D eigenvalue weighted by Gasteiger charge is -2.34. The van der Waals surface area contributed by atoms with Gasteiger partial charge in [-0.2, -0.15) is 0 Å². The second-order valence-electron chi connectivity index (χ2n) is 6.32. The van der Waals surface area contributed by atoms with E-state index in [1.165, 1.54) is 4.90 Å². The first-order valence-corrected chi connectivity index (χ1v) is 9.11. The molecule has 0 bridgehead atoms. The summed E-state index contributed by atoms with van der Waals surface area (Å²) in [6, 6.07) is 6.39. The molecule has 0 spiro atoms. The highest BCUT2D eigenvalue weighted by Gasteiger charge is 2.34. The summed E-state index contributed by atoms with van der Waals surface area (Å²) in [7, 11) is 0. The molecule has 1 fully saturated rings. The fourth-order valence-electron chi connectivity index (χ4n) is 3.16. The standard InChI is InChI=1S/C19H23NO7/c1-2-24-18(22)13-7-5-6-10-20(13)17(21)12-26-19(23)16-11-25-14-8-3-4-9-15(14)27-16/h3-4,8-9,13,16H,2,5-7,10-12H2,1H3. The Hall–Kier alpha value is -2.77. The Balaban J connectivity index is 1.53. The number of benzene rings is 1. The molecule has 3 rings (SSSR count). The maximum Gasteiger partial charge on any atom is 0.351 e. The molecule has 27 heavy (non-hydrogen) atoms. The minimum absolute atomic E-state index is 0.0131. The number of ether oxygens (including phenoxy) is 4. The van der Waals surface area contributed by atoms with Crippen molar-refractivity contribution in [2.45, 2.75) is 38.3 Å². The summed E-state index contributed by atoms with van der Waals surface area (Å²) in [6.07, 6.45) is 1.26. The van der Waals surface area contributed by atoms with Crippen molar-refractivity contribution in [3.8, 4) is 11.5 Å².